The van der Waals surface area contributed by atoms with Crippen molar-refractivity contribution in [1.29, 1.82) is 0 Å². The maximum atomic E-state index is 9.60. The fourth-order valence-corrected chi connectivity index (χ4v) is 1.58. The smallest absolute Gasteiger partial charge is 0.186 e. The lowest BCUT2D eigenvalue weighted by Gasteiger charge is -2.39. The molecule has 1 aliphatic rings. The van der Waals surface area contributed by atoms with Crippen molar-refractivity contribution in [3.63, 3.8) is 0 Å². The SMILES string of the molecule is C#CCCCO[C@@H]1O[C@H](CO)[C@@H](O)[C@H](O)[C@H]1O. The number of rotatable bonds is 5. The lowest BCUT2D eigenvalue weighted by atomic mass is 9.99. The molecule has 6 heteroatoms. The zero-order valence-electron chi connectivity index (χ0n) is 9.40. The van der Waals surface area contributed by atoms with Crippen molar-refractivity contribution < 1.29 is 29.9 Å². The van der Waals surface area contributed by atoms with Gasteiger partial charge in [-0.05, 0) is 6.42 Å². The summed E-state index contributed by atoms with van der Waals surface area (Å²) in [5.41, 5.74) is 0. The lowest BCUT2D eigenvalue weighted by molar-refractivity contribution is -0.301. The molecule has 0 radical (unpaired) electrons. The van der Waals surface area contributed by atoms with Gasteiger partial charge in [0.2, 0.25) is 0 Å². The number of hydrogen-bond donors (Lipinski definition) is 4. The highest BCUT2D eigenvalue weighted by Crippen LogP contribution is 2.21. The molecule has 1 fully saturated rings. The Morgan fingerprint density at radius 3 is 2.47 bits per heavy atom. The third-order valence-electron chi connectivity index (χ3n) is 2.60. The molecule has 0 saturated carbocycles. The van der Waals surface area contributed by atoms with Gasteiger partial charge in [-0.3, -0.25) is 0 Å². The Bertz CT molecular complexity index is 261. The molecule has 1 rings (SSSR count). The van der Waals surface area contributed by atoms with E-state index in [1.54, 1.807) is 0 Å². The lowest BCUT2D eigenvalue weighted by Crippen LogP contribution is -2.59. The number of hydrogen-bond acceptors (Lipinski definition) is 6. The minimum absolute atomic E-state index is 0.271. The normalized spacial score (nSPS) is 37.7. The molecule has 0 aromatic heterocycles. The van der Waals surface area contributed by atoms with Gasteiger partial charge in [-0.25, -0.2) is 0 Å². The van der Waals surface area contributed by atoms with Crippen LogP contribution in [0.2, 0.25) is 0 Å². The van der Waals surface area contributed by atoms with Crippen LogP contribution in [-0.4, -0.2) is 64.3 Å². The van der Waals surface area contributed by atoms with Crippen LogP contribution in [0.25, 0.3) is 0 Å². The topological polar surface area (TPSA) is 99.4 Å². The van der Waals surface area contributed by atoms with Crippen molar-refractivity contribution in [2.75, 3.05) is 13.2 Å². The van der Waals surface area contributed by atoms with Crippen LogP contribution in [0.1, 0.15) is 12.8 Å². The van der Waals surface area contributed by atoms with Crippen LogP contribution in [0.5, 0.6) is 0 Å². The van der Waals surface area contributed by atoms with Crippen molar-refractivity contribution in [3.05, 3.63) is 0 Å². The maximum absolute atomic E-state index is 9.60. The second kappa shape index (κ2) is 6.91. The quantitative estimate of drug-likeness (QED) is 0.338. The van der Waals surface area contributed by atoms with Crippen LogP contribution < -0.4 is 0 Å². The van der Waals surface area contributed by atoms with Gasteiger partial charge in [0.25, 0.3) is 0 Å². The molecule has 0 spiro atoms. The largest absolute Gasteiger partial charge is 0.394 e. The van der Waals surface area contributed by atoms with Gasteiger partial charge in [0.05, 0.1) is 13.2 Å². The molecular formula is C11H18O6. The van der Waals surface area contributed by atoms with Gasteiger partial charge in [-0.2, -0.15) is 0 Å². The molecule has 17 heavy (non-hydrogen) atoms. The van der Waals surface area contributed by atoms with E-state index in [1.807, 2.05) is 0 Å². The molecule has 6 nitrogen and oxygen atoms in total. The monoisotopic (exact) mass is 246 g/mol. The molecule has 4 N–H and O–H groups in total. The number of aliphatic hydroxyl groups excluding tert-OH is 4. The van der Waals surface area contributed by atoms with E-state index in [2.05, 4.69) is 5.92 Å². The van der Waals surface area contributed by atoms with Gasteiger partial charge in [0, 0.05) is 6.42 Å². The standard InChI is InChI=1S/C11H18O6/c1-2-3-4-5-16-11-10(15)9(14)8(13)7(6-12)17-11/h1,7-15H,3-6H2/t7-,8-,9+,10-,11-/m1/s1. The second-order valence-corrected chi connectivity index (χ2v) is 3.88. The first kappa shape index (κ1) is 14.4. The van der Waals surface area contributed by atoms with E-state index >= 15 is 0 Å². The molecule has 5 atom stereocenters. The van der Waals surface area contributed by atoms with Crippen molar-refractivity contribution in [1.82, 2.24) is 0 Å². The summed E-state index contributed by atoms with van der Waals surface area (Å²) in [6, 6.07) is 0. The molecule has 98 valence electrons. The van der Waals surface area contributed by atoms with E-state index in [0.717, 1.165) is 0 Å². The molecule has 1 aliphatic heterocycles. The number of terminal acetylenes is 1. The van der Waals surface area contributed by atoms with E-state index < -0.39 is 37.3 Å². The zero-order valence-corrected chi connectivity index (χ0v) is 9.40. The summed E-state index contributed by atoms with van der Waals surface area (Å²) in [5.74, 6) is 2.44. The molecule has 1 saturated heterocycles. The first-order valence-electron chi connectivity index (χ1n) is 5.47. The Morgan fingerprint density at radius 1 is 1.18 bits per heavy atom. The molecular weight excluding hydrogens is 228 g/mol. The highest BCUT2D eigenvalue weighted by molar-refractivity contribution is 4.89. The summed E-state index contributed by atoms with van der Waals surface area (Å²) in [6.45, 7) is -0.192. The van der Waals surface area contributed by atoms with Crippen LogP contribution in [0.4, 0.5) is 0 Å². The van der Waals surface area contributed by atoms with E-state index in [9.17, 15) is 15.3 Å². The summed E-state index contributed by atoms with van der Waals surface area (Å²) in [7, 11) is 0. The Labute approximate surface area is 99.8 Å². The van der Waals surface area contributed by atoms with E-state index in [0.29, 0.717) is 12.8 Å². The van der Waals surface area contributed by atoms with Gasteiger partial charge in [0.15, 0.2) is 6.29 Å². The van der Waals surface area contributed by atoms with Crippen LogP contribution in [0.15, 0.2) is 0 Å². The molecule has 0 aromatic rings. The Balaban J connectivity index is 2.45. The maximum Gasteiger partial charge on any atom is 0.186 e. The average molecular weight is 246 g/mol. The minimum atomic E-state index is -1.40. The average Bonchev–Trinajstić information content (AvgIpc) is 2.34. The van der Waals surface area contributed by atoms with Gasteiger partial charge in [0.1, 0.15) is 24.4 Å². The van der Waals surface area contributed by atoms with Gasteiger partial charge in [-0.1, -0.05) is 0 Å². The Kier molecular flexibility index (Phi) is 5.85. The van der Waals surface area contributed by atoms with Gasteiger partial charge >= 0.3 is 0 Å². The van der Waals surface area contributed by atoms with Gasteiger partial charge in [-0.15, -0.1) is 12.3 Å². The van der Waals surface area contributed by atoms with Crippen LogP contribution in [0, 0.1) is 12.3 Å². The highest BCUT2D eigenvalue weighted by atomic mass is 16.7. The Morgan fingerprint density at radius 2 is 1.88 bits per heavy atom. The molecule has 0 aromatic carbocycles. The fraction of sp³-hybridized carbons (Fsp3) is 0.818. The summed E-state index contributed by atoms with van der Waals surface area (Å²) >= 11 is 0. The predicted octanol–water partition coefficient (Wildman–Crippen LogP) is -1.78. The summed E-state index contributed by atoms with van der Waals surface area (Å²) in [5, 5.41) is 37.5. The van der Waals surface area contributed by atoms with Crippen molar-refractivity contribution in [2.24, 2.45) is 0 Å². The van der Waals surface area contributed by atoms with Crippen LogP contribution in [0.3, 0.4) is 0 Å². The number of ether oxygens (including phenoxy) is 2. The Hall–Kier alpha value is -0.680. The van der Waals surface area contributed by atoms with E-state index in [1.165, 1.54) is 0 Å². The van der Waals surface area contributed by atoms with E-state index in [4.69, 9.17) is 21.0 Å². The van der Waals surface area contributed by atoms with Crippen LogP contribution >= 0.6 is 0 Å². The zero-order chi connectivity index (χ0) is 12.8. The first-order valence-corrected chi connectivity index (χ1v) is 5.47. The van der Waals surface area contributed by atoms with E-state index in [-0.39, 0.29) is 6.61 Å². The summed E-state index contributed by atoms with van der Waals surface area (Å²) < 4.78 is 10.3. The number of aliphatic hydroxyl groups is 4. The van der Waals surface area contributed by atoms with Gasteiger partial charge < -0.3 is 29.9 Å². The predicted molar refractivity (Wildman–Crippen MR) is 57.8 cm³/mol. The van der Waals surface area contributed by atoms with Crippen molar-refractivity contribution in [2.45, 2.75) is 43.5 Å². The van der Waals surface area contributed by atoms with Crippen molar-refractivity contribution >= 4 is 0 Å². The molecule has 0 unspecified atom stereocenters. The number of unbranched alkanes of at least 4 members (excludes halogenated alkanes) is 1. The second-order valence-electron chi connectivity index (χ2n) is 3.88. The molecule has 1 heterocycles. The first-order chi connectivity index (χ1) is 8.11. The fourth-order valence-electron chi connectivity index (χ4n) is 1.58. The summed E-state index contributed by atoms with van der Waals surface area (Å²) in [4.78, 5) is 0. The molecule has 0 aliphatic carbocycles. The van der Waals surface area contributed by atoms with Crippen molar-refractivity contribution in [3.8, 4) is 12.3 Å². The third-order valence-corrected chi connectivity index (χ3v) is 2.60. The highest BCUT2D eigenvalue weighted by Gasteiger charge is 2.43. The summed E-state index contributed by atoms with van der Waals surface area (Å²) in [6.07, 6.45) is 0.0899. The molecule has 0 amide bonds. The minimum Gasteiger partial charge on any atom is -0.394 e. The molecule has 0 bridgehead atoms. The third kappa shape index (κ3) is 3.64. The van der Waals surface area contributed by atoms with Crippen LogP contribution in [-0.2, 0) is 9.47 Å².